The molecule has 0 aliphatic heterocycles. The van der Waals surface area contributed by atoms with Crippen LogP contribution >= 0.6 is 11.3 Å². The summed E-state index contributed by atoms with van der Waals surface area (Å²) in [4.78, 5) is 16.3. The van der Waals surface area contributed by atoms with E-state index in [4.69, 9.17) is 4.74 Å². The quantitative estimate of drug-likeness (QED) is 0.758. The third-order valence-corrected chi connectivity index (χ3v) is 3.54. The van der Waals surface area contributed by atoms with Gasteiger partial charge in [0.15, 0.2) is 0 Å². The highest BCUT2D eigenvalue weighted by atomic mass is 32.1. The smallest absolute Gasteiger partial charge is 0.277 e. The maximum Gasteiger partial charge on any atom is 0.277 e. The molecular formula is C12H10N6O2S. The molecule has 0 spiro atoms. The Morgan fingerprint density at radius 1 is 1.33 bits per heavy atom. The van der Waals surface area contributed by atoms with Gasteiger partial charge >= 0.3 is 0 Å². The molecule has 21 heavy (non-hydrogen) atoms. The molecule has 0 bridgehead atoms. The van der Waals surface area contributed by atoms with Crippen LogP contribution < -0.4 is 10.1 Å². The van der Waals surface area contributed by atoms with Gasteiger partial charge < -0.3 is 4.74 Å². The fourth-order valence-electron chi connectivity index (χ4n) is 1.63. The van der Waals surface area contributed by atoms with Crippen LogP contribution in [0.3, 0.4) is 0 Å². The average molecular weight is 302 g/mol. The molecule has 106 valence electrons. The Morgan fingerprint density at radius 3 is 2.81 bits per heavy atom. The van der Waals surface area contributed by atoms with Gasteiger partial charge in [-0.05, 0) is 34.7 Å². The molecule has 0 saturated carbocycles. The minimum Gasteiger partial charge on any atom is -0.497 e. The first-order valence-electron chi connectivity index (χ1n) is 5.91. The summed E-state index contributed by atoms with van der Waals surface area (Å²) in [6.45, 7) is 0. The summed E-state index contributed by atoms with van der Waals surface area (Å²) in [5.41, 5.74) is 1.23. The van der Waals surface area contributed by atoms with Gasteiger partial charge in [0.2, 0.25) is 5.95 Å². The van der Waals surface area contributed by atoms with Gasteiger partial charge in [-0.3, -0.25) is 10.1 Å². The number of aromatic nitrogens is 5. The third-order valence-electron chi connectivity index (χ3n) is 2.65. The number of tetrazole rings is 1. The first-order valence-corrected chi connectivity index (χ1v) is 6.79. The van der Waals surface area contributed by atoms with E-state index in [0.29, 0.717) is 5.69 Å². The molecule has 9 heteroatoms. The lowest BCUT2D eigenvalue weighted by atomic mass is 10.2. The summed E-state index contributed by atoms with van der Waals surface area (Å²) < 4.78 is 5.10. The predicted molar refractivity (Wildman–Crippen MR) is 76.2 cm³/mol. The number of nitrogens with one attached hydrogen (secondary N) is 2. The molecule has 0 atom stereocenters. The number of thiazole rings is 1. The highest BCUT2D eigenvalue weighted by Gasteiger charge is 2.13. The van der Waals surface area contributed by atoms with Gasteiger partial charge in [-0.15, -0.1) is 11.3 Å². The van der Waals surface area contributed by atoms with E-state index in [1.54, 1.807) is 12.5 Å². The van der Waals surface area contributed by atoms with E-state index >= 15 is 0 Å². The van der Waals surface area contributed by atoms with Crippen LogP contribution in [-0.2, 0) is 0 Å². The van der Waals surface area contributed by atoms with Gasteiger partial charge in [-0.2, -0.15) is 0 Å². The van der Waals surface area contributed by atoms with Gasteiger partial charge in [-0.1, -0.05) is 5.10 Å². The minimum absolute atomic E-state index is 0.180. The van der Waals surface area contributed by atoms with Gasteiger partial charge in [0.1, 0.15) is 16.5 Å². The molecule has 2 heterocycles. The van der Waals surface area contributed by atoms with Crippen molar-refractivity contribution in [2.75, 3.05) is 12.4 Å². The lowest BCUT2D eigenvalue weighted by Crippen LogP contribution is -2.13. The number of benzene rings is 1. The molecule has 1 amide bonds. The Hall–Kier alpha value is -2.81. The largest absolute Gasteiger partial charge is 0.497 e. The first-order chi connectivity index (χ1) is 10.3. The molecular weight excluding hydrogens is 292 g/mol. The standard InChI is InChI=1S/C12H10N6O2S/c1-20-8-4-2-7(3-5-8)11-13-9(6-21-11)10(19)14-12-15-17-18-16-12/h2-6H,1H3,(H2,14,15,16,17,18,19). The summed E-state index contributed by atoms with van der Waals surface area (Å²) in [6.07, 6.45) is 0. The van der Waals surface area contributed by atoms with Crippen LogP contribution in [0.1, 0.15) is 10.5 Å². The number of methoxy groups -OCH3 is 1. The van der Waals surface area contributed by atoms with Crippen molar-refractivity contribution in [3.05, 3.63) is 35.3 Å². The van der Waals surface area contributed by atoms with Gasteiger partial charge in [0.25, 0.3) is 5.91 Å². The number of H-pyrrole nitrogens is 1. The van der Waals surface area contributed by atoms with Crippen molar-refractivity contribution in [1.82, 2.24) is 25.6 Å². The molecule has 0 aliphatic rings. The summed E-state index contributed by atoms with van der Waals surface area (Å²) in [6, 6.07) is 7.47. The molecule has 0 unspecified atom stereocenters. The van der Waals surface area contributed by atoms with Crippen LogP contribution in [-0.4, -0.2) is 38.6 Å². The van der Waals surface area contributed by atoms with Crippen LogP contribution in [0.25, 0.3) is 10.6 Å². The lowest BCUT2D eigenvalue weighted by Gasteiger charge is -2.00. The number of hydrogen-bond acceptors (Lipinski definition) is 7. The maximum absolute atomic E-state index is 12.0. The van der Waals surface area contributed by atoms with Gasteiger partial charge in [-0.25, -0.2) is 10.1 Å². The number of hydrogen-bond donors (Lipinski definition) is 2. The second-order valence-electron chi connectivity index (χ2n) is 3.97. The monoisotopic (exact) mass is 302 g/mol. The van der Waals surface area contributed by atoms with Crippen molar-refractivity contribution >= 4 is 23.2 Å². The Kier molecular flexibility index (Phi) is 3.56. The zero-order chi connectivity index (χ0) is 14.7. The molecule has 0 aliphatic carbocycles. The molecule has 8 nitrogen and oxygen atoms in total. The molecule has 0 fully saturated rings. The zero-order valence-electron chi connectivity index (χ0n) is 10.9. The van der Waals surface area contributed by atoms with Crippen LogP contribution in [0.15, 0.2) is 29.6 Å². The summed E-state index contributed by atoms with van der Waals surface area (Å²) in [5.74, 6) is 0.578. The number of carbonyl (C=O) groups is 1. The summed E-state index contributed by atoms with van der Waals surface area (Å²) in [7, 11) is 1.61. The van der Waals surface area contributed by atoms with E-state index in [9.17, 15) is 4.79 Å². The number of rotatable bonds is 4. The maximum atomic E-state index is 12.0. The van der Waals surface area contributed by atoms with E-state index in [1.807, 2.05) is 24.3 Å². The average Bonchev–Trinajstić information content (AvgIpc) is 3.18. The van der Waals surface area contributed by atoms with Crippen molar-refractivity contribution in [3.8, 4) is 16.3 Å². The first kappa shape index (κ1) is 13.2. The van der Waals surface area contributed by atoms with E-state index in [0.717, 1.165) is 16.3 Å². The van der Waals surface area contributed by atoms with Gasteiger partial charge in [0.05, 0.1) is 7.11 Å². The van der Waals surface area contributed by atoms with E-state index < -0.39 is 0 Å². The van der Waals surface area contributed by atoms with Crippen molar-refractivity contribution in [3.63, 3.8) is 0 Å². The Labute approximate surface area is 123 Å². The molecule has 2 aromatic heterocycles. The van der Waals surface area contributed by atoms with Crippen molar-refractivity contribution < 1.29 is 9.53 Å². The second kappa shape index (κ2) is 5.67. The lowest BCUT2D eigenvalue weighted by molar-refractivity contribution is 0.102. The van der Waals surface area contributed by atoms with Crippen LogP contribution in [0, 0.1) is 0 Å². The number of aromatic amines is 1. The number of nitrogens with zero attached hydrogens (tertiary/aromatic N) is 4. The van der Waals surface area contributed by atoms with E-state index in [2.05, 4.69) is 30.9 Å². The molecule has 3 aromatic rings. The Balaban J connectivity index is 1.77. The van der Waals surface area contributed by atoms with Crippen LogP contribution in [0.2, 0.25) is 0 Å². The fourth-order valence-corrected chi connectivity index (χ4v) is 2.43. The van der Waals surface area contributed by atoms with Gasteiger partial charge in [0, 0.05) is 10.9 Å². The highest BCUT2D eigenvalue weighted by Crippen LogP contribution is 2.25. The minimum atomic E-state index is -0.371. The number of anilines is 1. The Morgan fingerprint density at radius 2 is 2.14 bits per heavy atom. The number of amides is 1. The van der Waals surface area contributed by atoms with Crippen LogP contribution in [0.4, 0.5) is 5.95 Å². The Bertz CT molecular complexity index is 737. The molecule has 2 N–H and O–H groups in total. The van der Waals surface area contributed by atoms with E-state index in [1.165, 1.54) is 11.3 Å². The summed E-state index contributed by atoms with van der Waals surface area (Å²) >= 11 is 1.38. The van der Waals surface area contributed by atoms with Crippen LogP contribution in [0.5, 0.6) is 5.75 Å². The summed E-state index contributed by atoms with van der Waals surface area (Å²) in [5, 5.41) is 17.7. The van der Waals surface area contributed by atoms with E-state index in [-0.39, 0.29) is 11.9 Å². The fraction of sp³-hybridized carbons (Fsp3) is 0.0833. The molecule has 3 rings (SSSR count). The zero-order valence-corrected chi connectivity index (χ0v) is 11.7. The van der Waals surface area contributed by atoms with Crippen molar-refractivity contribution in [1.29, 1.82) is 0 Å². The predicted octanol–water partition coefficient (Wildman–Crippen LogP) is 1.58. The highest BCUT2D eigenvalue weighted by molar-refractivity contribution is 7.13. The third kappa shape index (κ3) is 2.87. The van der Waals surface area contributed by atoms with Crippen molar-refractivity contribution in [2.24, 2.45) is 0 Å². The number of carbonyl (C=O) groups excluding carboxylic acids is 1. The molecule has 0 radical (unpaired) electrons. The normalized spacial score (nSPS) is 10.3. The SMILES string of the molecule is COc1ccc(-c2nc(C(=O)Nc3nnn[nH]3)cs2)cc1. The molecule has 1 aromatic carbocycles. The second-order valence-corrected chi connectivity index (χ2v) is 4.83. The molecule has 0 saturated heterocycles. The van der Waals surface area contributed by atoms with Crippen molar-refractivity contribution in [2.45, 2.75) is 0 Å². The number of ether oxygens (including phenoxy) is 1. The topological polar surface area (TPSA) is 106 Å².